The maximum atomic E-state index is 11.1. The van der Waals surface area contributed by atoms with Crippen molar-refractivity contribution in [2.45, 2.75) is 11.4 Å². The molecular formula is C17H18N2O2S. The smallest absolute Gasteiger partial charge is 0.267 e. The third-order valence-electron chi connectivity index (χ3n) is 3.10. The highest BCUT2D eigenvalue weighted by Gasteiger charge is 2.00. The Balaban J connectivity index is 2.09. The summed E-state index contributed by atoms with van der Waals surface area (Å²) in [6, 6.07) is 16.0. The molecule has 0 unspecified atom stereocenters. The van der Waals surface area contributed by atoms with E-state index in [4.69, 9.17) is 5.21 Å². The zero-order valence-electron chi connectivity index (χ0n) is 12.2. The maximum Gasteiger partial charge on any atom is 0.267 e. The third kappa shape index (κ3) is 4.65. The molecular weight excluding hydrogens is 296 g/mol. The number of para-hydroxylation sites is 1. The number of thioether (sulfide) groups is 1. The molecule has 0 bridgehead atoms. The summed E-state index contributed by atoms with van der Waals surface area (Å²) >= 11 is 1.71. The molecule has 0 heterocycles. The second-order valence-corrected chi connectivity index (χ2v) is 5.48. The number of hydroxylamine groups is 1. The van der Waals surface area contributed by atoms with Crippen LogP contribution in [0.4, 0.5) is 5.69 Å². The minimum atomic E-state index is -0.553. The molecule has 2 aromatic carbocycles. The number of hydrogen-bond acceptors (Lipinski definition) is 4. The summed E-state index contributed by atoms with van der Waals surface area (Å²) in [6.07, 6.45) is 5.00. The summed E-state index contributed by atoms with van der Waals surface area (Å²) in [7, 11) is 0. The summed E-state index contributed by atoms with van der Waals surface area (Å²) in [5.41, 5.74) is 4.58. The first-order chi connectivity index (χ1) is 10.7. The average molecular weight is 314 g/mol. The van der Waals surface area contributed by atoms with E-state index in [1.807, 2.05) is 30.3 Å². The van der Waals surface area contributed by atoms with Crippen molar-refractivity contribution in [3.05, 3.63) is 65.7 Å². The molecule has 5 heteroatoms. The van der Waals surface area contributed by atoms with E-state index in [-0.39, 0.29) is 0 Å². The lowest BCUT2D eigenvalue weighted by Gasteiger charge is -2.10. The van der Waals surface area contributed by atoms with Crippen molar-refractivity contribution in [1.82, 2.24) is 5.48 Å². The highest BCUT2D eigenvalue weighted by molar-refractivity contribution is 7.98. The molecule has 2 rings (SSSR count). The van der Waals surface area contributed by atoms with Gasteiger partial charge in [0, 0.05) is 23.2 Å². The fourth-order valence-electron chi connectivity index (χ4n) is 1.99. The molecule has 0 spiro atoms. The lowest BCUT2D eigenvalue weighted by Crippen LogP contribution is -2.14. The zero-order chi connectivity index (χ0) is 15.8. The molecule has 0 aliphatic carbocycles. The summed E-state index contributed by atoms with van der Waals surface area (Å²) < 4.78 is 0. The van der Waals surface area contributed by atoms with Crippen molar-refractivity contribution in [3.8, 4) is 0 Å². The quantitative estimate of drug-likeness (QED) is 0.330. The fourth-order valence-corrected chi connectivity index (χ4v) is 2.47. The van der Waals surface area contributed by atoms with Gasteiger partial charge in [-0.15, -0.1) is 11.8 Å². The second kappa shape index (κ2) is 8.26. The summed E-state index contributed by atoms with van der Waals surface area (Å²) in [5, 5.41) is 11.9. The lowest BCUT2D eigenvalue weighted by atomic mass is 10.1. The van der Waals surface area contributed by atoms with E-state index in [9.17, 15) is 4.79 Å². The van der Waals surface area contributed by atoms with Crippen LogP contribution in [0.3, 0.4) is 0 Å². The predicted octanol–water partition coefficient (Wildman–Crippen LogP) is 3.54. The van der Waals surface area contributed by atoms with Gasteiger partial charge in [0.05, 0.1) is 0 Å². The predicted molar refractivity (Wildman–Crippen MR) is 91.0 cm³/mol. The van der Waals surface area contributed by atoms with Crippen LogP contribution >= 0.6 is 11.8 Å². The highest BCUT2D eigenvalue weighted by Crippen LogP contribution is 2.20. The van der Waals surface area contributed by atoms with Gasteiger partial charge in [0.1, 0.15) is 0 Å². The van der Waals surface area contributed by atoms with Gasteiger partial charge in [0.25, 0.3) is 5.91 Å². The fraction of sp³-hybridized carbons (Fsp3) is 0.118. The molecule has 1 amide bonds. The van der Waals surface area contributed by atoms with Crippen LogP contribution in [-0.4, -0.2) is 17.4 Å². The number of benzene rings is 2. The highest BCUT2D eigenvalue weighted by atomic mass is 32.2. The monoisotopic (exact) mass is 314 g/mol. The SMILES string of the molecule is CSc1cccc(CNc2ccccc2/C=C/C(=O)NO)c1. The Morgan fingerprint density at radius 3 is 2.82 bits per heavy atom. The van der Waals surface area contributed by atoms with E-state index in [2.05, 4.69) is 29.8 Å². The van der Waals surface area contributed by atoms with Crippen LogP contribution in [0.25, 0.3) is 6.08 Å². The molecule has 0 fully saturated rings. The Morgan fingerprint density at radius 2 is 2.05 bits per heavy atom. The van der Waals surface area contributed by atoms with E-state index in [0.29, 0.717) is 6.54 Å². The van der Waals surface area contributed by atoms with E-state index in [0.717, 1.165) is 11.3 Å². The van der Waals surface area contributed by atoms with Gasteiger partial charge in [-0.25, -0.2) is 5.48 Å². The second-order valence-electron chi connectivity index (χ2n) is 4.60. The van der Waals surface area contributed by atoms with Gasteiger partial charge < -0.3 is 5.32 Å². The van der Waals surface area contributed by atoms with Crippen LogP contribution in [-0.2, 0) is 11.3 Å². The number of hydrogen-bond donors (Lipinski definition) is 3. The Hall–Kier alpha value is -2.24. The molecule has 4 nitrogen and oxygen atoms in total. The first kappa shape index (κ1) is 16.1. The molecule has 0 aliphatic rings. The molecule has 0 saturated carbocycles. The van der Waals surface area contributed by atoms with E-state index in [1.165, 1.54) is 16.5 Å². The number of carbonyl (C=O) groups is 1. The normalized spacial score (nSPS) is 10.6. The van der Waals surface area contributed by atoms with Crippen molar-refractivity contribution in [3.63, 3.8) is 0 Å². The van der Waals surface area contributed by atoms with Gasteiger partial charge in [-0.05, 0) is 41.7 Å². The molecule has 0 radical (unpaired) electrons. The van der Waals surface area contributed by atoms with E-state index >= 15 is 0 Å². The third-order valence-corrected chi connectivity index (χ3v) is 3.83. The molecule has 0 atom stereocenters. The minimum absolute atomic E-state index is 0.553. The van der Waals surface area contributed by atoms with Crippen LogP contribution in [0.5, 0.6) is 0 Å². The van der Waals surface area contributed by atoms with E-state index < -0.39 is 5.91 Å². The molecule has 114 valence electrons. The number of amides is 1. The number of anilines is 1. The molecule has 2 aromatic rings. The molecule has 0 aromatic heterocycles. The number of rotatable bonds is 6. The summed E-state index contributed by atoms with van der Waals surface area (Å²) in [5.74, 6) is -0.553. The van der Waals surface area contributed by atoms with Crippen LogP contribution < -0.4 is 10.8 Å². The van der Waals surface area contributed by atoms with Crippen molar-refractivity contribution in [1.29, 1.82) is 0 Å². The van der Waals surface area contributed by atoms with Crippen LogP contribution in [0.1, 0.15) is 11.1 Å². The van der Waals surface area contributed by atoms with Crippen molar-refractivity contribution in [2.75, 3.05) is 11.6 Å². The van der Waals surface area contributed by atoms with Crippen molar-refractivity contribution in [2.24, 2.45) is 0 Å². The number of nitrogens with one attached hydrogen (secondary N) is 2. The minimum Gasteiger partial charge on any atom is -0.380 e. The van der Waals surface area contributed by atoms with Gasteiger partial charge in [0.2, 0.25) is 0 Å². The molecule has 22 heavy (non-hydrogen) atoms. The van der Waals surface area contributed by atoms with Crippen LogP contribution in [0.2, 0.25) is 0 Å². The molecule has 0 saturated heterocycles. The first-order valence-electron chi connectivity index (χ1n) is 6.81. The van der Waals surface area contributed by atoms with Crippen LogP contribution in [0.15, 0.2) is 59.5 Å². The Bertz CT molecular complexity index is 671. The molecule has 3 N–H and O–H groups in total. The standard InChI is InChI=1S/C17H18N2O2S/c1-22-15-7-4-5-13(11-15)12-18-16-8-3-2-6-14(16)9-10-17(20)19-21/h2-11,18,21H,12H2,1H3,(H,19,20)/b10-9+. The Labute approximate surface area is 134 Å². The lowest BCUT2D eigenvalue weighted by molar-refractivity contribution is -0.124. The zero-order valence-corrected chi connectivity index (χ0v) is 13.1. The van der Waals surface area contributed by atoms with Crippen molar-refractivity contribution >= 4 is 29.4 Å². The molecule has 0 aliphatic heterocycles. The summed E-state index contributed by atoms with van der Waals surface area (Å²) in [6.45, 7) is 0.700. The topological polar surface area (TPSA) is 61.4 Å². The number of carbonyl (C=O) groups excluding carboxylic acids is 1. The average Bonchev–Trinajstić information content (AvgIpc) is 2.58. The van der Waals surface area contributed by atoms with Crippen LogP contribution in [0, 0.1) is 0 Å². The van der Waals surface area contributed by atoms with E-state index in [1.54, 1.807) is 23.3 Å². The Morgan fingerprint density at radius 1 is 1.23 bits per heavy atom. The maximum absolute atomic E-state index is 11.1. The van der Waals surface area contributed by atoms with Gasteiger partial charge >= 0.3 is 0 Å². The largest absolute Gasteiger partial charge is 0.380 e. The Kier molecular flexibility index (Phi) is 6.06. The van der Waals surface area contributed by atoms with Crippen molar-refractivity contribution < 1.29 is 10.0 Å². The van der Waals surface area contributed by atoms with Gasteiger partial charge in [-0.1, -0.05) is 30.3 Å². The van der Waals surface area contributed by atoms with Gasteiger partial charge in [0.15, 0.2) is 0 Å². The summed E-state index contributed by atoms with van der Waals surface area (Å²) in [4.78, 5) is 12.3. The first-order valence-corrected chi connectivity index (χ1v) is 8.03. The van der Waals surface area contributed by atoms with Gasteiger partial charge in [-0.2, -0.15) is 0 Å². The van der Waals surface area contributed by atoms with Gasteiger partial charge in [-0.3, -0.25) is 10.0 Å².